The topological polar surface area (TPSA) is 32.3 Å². The monoisotopic (exact) mass is 376 g/mol. The maximum absolute atomic E-state index is 12.6. The molecule has 3 nitrogen and oxygen atoms in total. The largest absolute Gasteiger partial charge is 0.350 e. The van der Waals surface area contributed by atoms with Crippen LogP contribution >= 0.6 is 11.3 Å². The summed E-state index contributed by atoms with van der Waals surface area (Å²) in [5.41, 5.74) is 4.72. The molecule has 1 aliphatic heterocycles. The quantitative estimate of drug-likeness (QED) is 0.707. The van der Waals surface area contributed by atoms with E-state index in [1.54, 1.807) is 11.3 Å². The van der Waals surface area contributed by atoms with Crippen LogP contribution in [0.5, 0.6) is 0 Å². The molecule has 1 amide bonds. The van der Waals surface area contributed by atoms with Crippen molar-refractivity contribution in [1.82, 2.24) is 10.2 Å². The number of amides is 1. The molecule has 3 aromatic rings. The third-order valence-electron chi connectivity index (χ3n) is 5.24. The van der Waals surface area contributed by atoms with Gasteiger partial charge in [0.15, 0.2) is 0 Å². The van der Waals surface area contributed by atoms with Crippen LogP contribution in [-0.2, 0) is 13.0 Å². The molecule has 4 heteroatoms. The average Bonchev–Trinajstić information content (AvgIpc) is 3.23. The minimum atomic E-state index is -0.00559. The molecule has 1 aromatic heterocycles. The van der Waals surface area contributed by atoms with E-state index in [0.717, 1.165) is 30.6 Å². The Morgan fingerprint density at radius 3 is 2.59 bits per heavy atom. The van der Waals surface area contributed by atoms with Gasteiger partial charge < -0.3 is 5.32 Å². The Morgan fingerprint density at radius 2 is 1.85 bits per heavy atom. The smallest absolute Gasteiger partial charge is 0.251 e. The van der Waals surface area contributed by atoms with Gasteiger partial charge in [0.25, 0.3) is 5.91 Å². The highest BCUT2D eigenvalue weighted by Gasteiger charge is 2.26. The molecular weight excluding hydrogens is 352 g/mol. The zero-order valence-corrected chi connectivity index (χ0v) is 16.3. The summed E-state index contributed by atoms with van der Waals surface area (Å²) in [5.74, 6) is -0.00559. The number of fused-ring (bicyclic) bond motifs is 1. The fourth-order valence-electron chi connectivity index (χ4n) is 3.67. The van der Waals surface area contributed by atoms with E-state index < -0.39 is 0 Å². The Bertz CT molecular complexity index is 902. The van der Waals surface area contributed by atoms with Crippen LogP contribution in [0.3, 0.4) is 0 Å². The molecule has 1 N–H and O–H groups in total. The van der Waals surface area contributed by atoms with Crippen LogP contribution in [0.2, 0.25) is 0 Å². The lowest BCUT2D eigenvalue weighted by molar-refractivity contribution is 0.0929. The summed E-state index contributed by atoms with van der Waals surface area (Å²) in [6.07, 6.45) is 1.06. The molecule has 0 aliphatic carbocycles. The Hall–Kier alpha value is -2.43. The summed E-state index contributed by atoms with van der Waals surface area (Å²) in [4.78, 5) is 16.4. The molecular formula is C23H24N2OS. The highest BCUT2D eigenvalue weighted by Crippen LogP contribution is 2.30. The van der Waals surface area contributed by atoms with Gasteiger partial charge in [0.1, 0.15) is 0 Å². The second-order valence-corrected chi connectivity index (χ2v) is 8.08. The third-order valence-corrected chi connectivity index (χ3v) is 6.22. The second kappa shape index (κ2) is 8.07. The molecule has 0 fully saturated rings. The average molecular weight is 377 g/mol. The Morgan fingerprint density at radius 1 is 1.07 bits per heavy atom. The molecule has 1 aliphatic rings. The Kier molecular flexibility index (Phi) is 5.37. The van der Waals surface area contributed by atoms with Crippen LogP contribution in [0.25, 0.3) is 0 Å². The molecule has 1 atom stereocenters. The fraction of sp³-hybridized carbons (Fsp3) is 0.261. The van der Waals surface area contributed by atoms with E-state index >= 15 is 0 Å². The van der Waals surface area contributed by atoms with Gasteiger partial charge >= 0.3 is 0 Å². The predicted molar refractivity (Wildman–Crippen MR) is 111 cm³/mol. The molecule has 0 radical (unpaired) electrons. The van der Waals surface area contributed by atoms with Crippen molar-refractivity contribution in [1.29, 1.82) is 0 Å². The summed E-state index contributed by atoms with van der Waals surface area (Å²) in [6.45, 7) is 4.59. The lowest BCUT2D eigenvalue weighted by atomic mass is 9.98. The van der Waals surface area contributed by atoms with Gasteiger partial charge in [-0.2, -0.15) is 0 Å². The van der Waals surface area contributed by atoms with Gasteiger partial charge in [0, 0.05) is 30.1 Å². The van der Waals surface area contributed by atoms with Gasteiger partial charge in [-0.05, 0) is 48.1 Å². The number of hydrogen-bond donors (Lipinski definition) is 1. The molecule has 0 spiro atoms. The van der Waals surface area contributed by atoms with E-state index in [1.807, 2.05) is 31.2 Å². The minimum absolute atomic E-state index is 0.00559. The first-order chi connectivity index (χ1) is 13.2. The highest BCUT2D eigenvalue weighted by atomic mass is 32.1. The fourth-order valence-corrected chi connectivity index (χ4v) is 4.53. The van der Waals surface area contributed by atoms with Crippen LogP contribution in [0.15, 0.2) is 66.0 Å². The maximum Gasteiger partial charge on any atom is 0.251 e. The van der Waals surface area contributed by atoms with Crippen LogP contribution in [0.4, 0.5) is 0 Å². The number of hydrogen-bond acceptors (Lipinski definition) is 3. The summed E-state index contributed by atoms with van der Waals surface area (Å²) < 4.78 is 0. The number of rotatable bonds is 5. The summed E-state index contributed by atoms with van der Waals surface area (Å²) >= 11 is 1.76. The van der Waals surface area contributed by atoms with Crippen molar-refractivity contribution in [2.75, 3.05) is 13.1 Å². The van der Waals surface area contributed by atoms with Gasteiger partial charge in [0.2, 0.25) is 0 Å². The standard InChI is InChI=1S/C23H24N2OS/c1-17-8-10-19(11-9-17)23(26)24-15-21(22-7-4-14-27-22)25-13-12-18-5-2-3-6-20(18)16-25/h2-11,14,21H,12-13,15-16H2,1H3,(H,24,26)/t21-/m0/s1. The molecule has 27 heavy (non-hydrogen) atoms. The number of nitrogens with zero attached hydrogens (tertiary/aromatic N) is 1. The summed E-state index contributed by atoms with van der Waals surface area (Å²) in [5, 5.41) is 5.27. The van der Waals surface area contributed by atoms with Gasteiger partial charge in [-0.15, -0.1) is 11.3 Å². The van der Waals surface area contributed by atoms with Gasteiger partial charge in [-0.25, -0.2) is 0 Å². The van der Waals surface area contributed by atoms with Gasteiger partial charge in [0.05, 0.1) is 6.04 Å². The summed E-state index contributed by atoms with van der Waals surface area (Å²) in [7, 11) is 0. The molecule has 0 unspecified atom stereocenters. The van der Waals surface area contributed by atoms with E-state index in [2.05, 4.69) is 52.0 Å². The second-order valence-electron chi connectivity index (χ2n) is 7.10. The molecule has 2 heterocycles. The zero-order valence-electron chi connectivity index (χ0n) is 15.5. The number of aryl methyl sites for hydroxylation is 1. The number of nitrogens with one attached hydrogen (secondary N) is 1. The van der Waals surface area contributed by atoms with Crippen LogP contribution in [0, 0.1) is 6.92 Å². The van der Waals surface area contributed by atoms with Crippen LogP contribution < -0.4 is 5.32 Å². The van der Waals surface area contributed by atoms with Crippen molar-refractivity contribution >= 4 is 17.2 Å². The van der Waals surface area contributed by atoms with Crippen molar-refractivity contribution < 1.29 is 4.79 Å². The third kappa shape index (κ3) is 4.12. The Balaban J connectivity index is 1.49. The normalized spacial score (nSPS) is 15.1. The van der Waals surface area contributed by atoms with Crippen molar-refractivity contribution in [3.63, 3.8) is 0 Å². The zero-order chi connectivity index (χ0) is 18.6. The highest BCUT2D eigenvalue weighted by molar-refractivity contribution is 7.10. The predicted octanol–water partition coefficient (Wildman–Crippen LogP) is 4.59. The van der Waals surface area contributed by atoms with E-state index in [9.17, 15) is 4.79 Å². The van der Waals surface area contributed by atoms with Crippen molar-refractivity contribution in [3.05, 3.63) is 93.2 Å². The lowest BCUT2D eigenvalue weighted by Gasteiger charge is -2.35. The summed E-state index contributed by atoms with van der Waals surface area (Å²) in [6, 6.07) is 20.9. The Labute approximate surface area is 164 Å². The molecule has 2 aromatic carbocycles. The number of benzene rings is 2. The minimum Gasteiger partial charge on any atom is -0.350 e. The van der Waals surface area contributed by atoms with Crippen LogP contribution in [0.1, 0.15) is 38.0 Å². The van der Waals surface area contributed by atoms with Crippen molar-refractivity contribution in [2.24, 2.45) is 0 Å². The first-order valence-corrected chi connectivity index (χ1v) is 10.3. The lowest BCUT2D eigenvalue weighted by Crippen LogP contribution is -2.40. The van der Waals surface area contributed by atoms with Crippen LogP contribution in [-0.4, -0.2) is 23.9 Å². The van der Waals surface area contributed by atoms with E-state index in [-0.39, 0.29) is 11.9 Å². The first kappa shape index (κ1) is 18.0. The van der Waals surface area contributed by atoms with Crippen molar-refractivity contribution in [3.8, 4) is 0 Å². The van der Waals surface area contributed by atoms with Gasteiger partial charge in [-0.1, -0.05) is 48.0 Å². The molecule has 0 saturated carbocycles. The SMILES string of the molecule is Cc1ccc(C(=O)NC[C@@H](c2cccs2)N2CCc3ccccc3C2)cc1. The first-order valence-electron chi connectivity index (χ1n) is 9.40. The van der Waals surface area contributed by atoms with E-state index in [4.69, 9.17) is 0 Å². The van der Waals surface area contributed by atoms with E-state index in [1.165, 1.54) is 16.0 Å². The number of thiophene rings is 1. The molecule has 0 saturated heterocycles. The van der Waals surface area contributed by atoms with Crippen molar-refractivity contribution in [2.45, 2.75) is 25.9 Å². The number of carbonyl (C=O) groups is 1. The molecule has 138 valence electrons. The molecule has 0 bridgehead atoms. The number of carbonyl (C=O) groups excluding carboxylic acids is 1. The molecule has 4 rings (SSSR count). The maximum atomic E-state index is 12.6. The van der Waals surface area contributed by atoms with E-state index in [0.29, 0.717) is 6.54 Å². The van der Waals surface area contributed by atoms with Gasteiger partial charge in [-0.3, -0.25) is 9.69 Å².